The van der Waals surface area contributed by atoms with Crippen molar-refractivity contribution < 1.29 is 19.0 Å². The lowest BCUT2D eigenvalue weighted by Gasteiger charge is -2.14. The Morgan fingerprint density at radius 2 is 1.72 bits per heavy atom. The number of hydrogen-bond acceptors (Lipinski definition) is 6. The summed E-state index contributed by atoms with van der Waals surface area (Å²) >= 11 is 13.4. The van der Waals surface area contributed by atoms with Gasteiger partial charge in [0.1, 0.15) is 10.7 Å². The number of benzene rings is 2. The minimum atomic E-state index is -0.290. The summed E-state index contributed by atoms with van der Waals surface area (Å²) in [6, 6.07) is 8.80. The number of hydrogen-bond donors (Lipinski definition) is 1. The Hall–Kier alpha value is -2.48. The maximum absolute atomic E-state index is 12.5. The topological polar surface area (TPSA) is 69.7 Å². The predicted molar refractivity (Wildman–Crippen MR) is 115 cm³/mol. The highest BCUT2D eigenvalue weighted by Gasteiger charge is 2.16. The number of aromatic nitrogens is 1. The molecule has 0 bridgehead atoms. The summed E-state index contributed by atoms with van der Waals surface area (Å²) in [5.41, 5.74) is 1.92. The van der Waals surface area contributed by atoms with Crippen LogP contribution in [0.2, 0.25) is 10.0 Å². The number of carbonyl (C=O) groups excluding carboxylic acids is 1. The summed E-state index contributed by atoms with van der Waals surface area (Å²) in [5.74, 6) is 1.25. The van der Waals surface area contributed by atoms with Gasteiger partial charge in [0, 0.05) is 17.5 Å². The van der Waals surface area contributed by atoms with Crippen molar-refractivity contribution in [3.05, 3.63) is 57.0 Å². The SMILES string of the molecule is COc1cc(CNC(=O)c2csc(-c3ccc(Cl)c(Cl)c3)n2)cc(OC)c1OC. The third kappa shape index (κ3) is 4.75. The molecule has 1 N–H and O–H groups in total. The minimum Gasteiger partial charge on any atom is -0.493 e. The molecule has 0 radical (unpaired) electrons. The van der Waals surface area contributed by atoms with E-state index < -0.39 is 0 Å². The van der Waals surface area contributed by atoms with Crippen LogP contribution in [0.15, 0.2) is 35.7 Å². The molecule has 0 atom stereocenters. The van der Waals surface area contributed by atoms with Gasteiger partial charge in [-0.05, 0) is 29.8 Å². The van der Waals surface area contributed by atoms with Crippen LogP contribution >= 0.6 is 34.5 Å². The lowest BCUT2D eigenvalue weighted by Crippen LogP contribution is -2.23. The molecule has 3 aromatic rings. The Morgan fingerprint density at radius 3 is 2.31 bits per heavy atom. The fraction of sp³-hybridized carbons (Fsp3) is 0.200. The number of thiazole rings is 1. The Balaban J connectivity index is 1.73. The molecule has 0 aliphatic carbocycles. The largest absolute Gasteiger partial charge is 0.493 e. The molecule has 1 heterocycles. The van der Waals surface area contributed by atoms with Gasteiger partial charge in [0.15, 0.2) is 11.5 Å². The lowest BCUT2D eigenvalue weighted by atomic mass is 10.1. The summed E-state index contributed by atoms with van der Waals surface area (Å²) in [6.07, 6.45) is 0. The van der Waals surface area contributed by atoms with Crippen molar-refractivity contribution in [3.8, 4) is 27.8 Å². The number of rotatable bonds is 7. The molecule has 9 heteroatoms. The Morgan fingerprint density at radius 1 is 1.03 bits per heavy atom. The summed E-state index contributed by atoms with van der Waals surface area (Å²) in [7, 11) is 4.62. The van der Waals surface area contributed by atoms with Gasteiger partial charge in [0.05, 0.1) is 31.4 Å². The molecule has 0 unspecified atom stereocenters. The number of ether oxygens (including phenoxy) is 3. The standard InChI is InChI=1S/C20H18Cl2N2O4S/c1-26-16-6-11(7-17(27-2)18(16)28-3)9-23-19(25)15-10-29-20(24-15)12-4-5-13(21)14(22)8-12/h4-8,10H,9H2,1-3H3,(H,23,25). The average molecular weight is 453 g/mol. The van der Waals surface area contributed by atoms with Gasteiger partial charge in [-0.15, -0.1) is 11.3 Å². The van der Waals surface area contributed by atoms with E-state index in [1.54, 1.807) is 43.9 Å². The van der Waals surface area contributed by atoms with E-state index in [1.165, 1.54) is 18.4 Å². The molecule has 1 aromatic heterocycles. The van der Waals surface area contributed by atoms with Crippen molar-refractivity contribution in [2.75, 3.05) is 21.3 Å². The van der Waals surface area contributed by atoms with E-state index >= 15 is 0 Å². The van der Waals surface area contributed by atoms with Crippen LogP contribution in [0.5, 0.6) is 17.2 Å². The summed E-state index contributed by atoms with van der Waals surface area (Å²) < 4.78 is 16.0. The first-order valence-electron chi connectivity index (χ1n) is 8.44. The second-order valence-electron chi connectivity index (χ2n) is 5.88. The highest BCUT2D eigenvalue weighted by atomic mass is 35.5. The summed E-state index contributed by atoms with van der Waals surface area (Å²) in [5, 5.41) is 6.13. The van der Waals surface area contributed by atoms with Crippen molar-refractivity contribution in [2.24, 2.45) is 0 Å². The van der Waals surface area contributed by atoms with Crippen LogP contribution in [0.3, 0.4) is 0 Å². The third-order valence-corrected chi connectivity index (χ3v) is 5.71. The molecule has 0 saturated carbocycles. The van der Waals surface area contributed by atoms with Gasteiger partial charge < -0.3 is 19.5 Å². The molecule has 2 aromatic carbocycles. The van der Waals surface area contributed by atoms with Gasteiger partial charge in [-0.3, -0.25) is 4.79 Å². The zero-order chi connectivity index (χ0) is 21.0. The lowest BCUT2D eigenvalue weighted by molar-refractivity contribution is 0.0946. The van der Waals surface area contributed by atoms with E-state index in [2.05, 4.69) is 10.3 Å². The first kappa shape index (κ1) is 21.2. The molecule has 152 valence electrons. The van der Waals surface area contributed by atoms with E-state index in [1.807, 2.05) is 6.07 Å². The van der Waals surface area contributed by atoms with E-state index in [9.17, 15) is 4.79 Å². The minimum absolute atomic E-state index is 0.273. The predicted octanol–water partition coefficient (Wildman–Crippen LogP) is 5.07. The summed E-state index contributed by atoms with van der Waals surface area (Å²) in [4.78, 5) is 16.9. The molecule has 6 nitrogen and oxygen atoms in total. The number of methoxy groups -OCH3 is 3. The van der Waals surface area contributed by atoms with Crippen molar-refractivity contribution >= 4 is 40.4 Å². The van der Waals surface area contributed by atoms with Gasteiger partial charge in [-0.1, -0.05) is 29.3 Å². The van der Waals surface area contributed by atoms with Crippen molar-refractivity contribution in [3.63, 3.8) is 0 Å². The van der Waals surface area contributed by atoms with Gasteiger partial charge in [0.2, 0.25) is 5.75 Å². The maximum atomic E-state index is 12.5. The zero-order valence-electron chi connectivity index (χ0n) is 15.9. The van der Waals surface area contributed by atoms with Crippen LogP contribution in [0, 0.1) is 0 Å². The van der Waals surface area contributed by atoms with Gasteiger partial charge >= 0.3 is 0 Å². The van der Waals surface area contributed by atoms with Gasteiger partial charge in [-0.25, -0.2) is 4.98 Å². The second kappa shape index (κ2) is 9.35. The fourth-order valence-corrected chi connectivity index (χ4v) is 3.75. The molecule has 0 aliphatic heterocycles. The highest BCUT2D eigenvalue weighted by Crippen LogP contribution is 2.38. The van der Waals surface area contributed by atoms with Crippen LogP contribution in [0.25, 0.3) is 10.6 Å². The zero-order valence-corrected chi connectivity index (χ0v) is 18.2. The fourth-order valence-electron chi connectivity index (χ4n) is 2.65. The van der Waals surface area contributed by atoms with Crippen LogP contribution < -0.4 is 19.5 Å². The Kier molecular flexibility index (Phi) is 6.84. The highest BCUT2D eigenvalue weighted by molar-refractivity contribution is 7.13. The number of amides is 1. The second-order valence-corrected chi connectivity index (χ2v) is 7.56. The molecule has 29 heavy (non-hydrogen) atoms. The quantitative estimate of drug-likeness (QED) is 0.541. The first-order valence-corrected chi connectivity index (χ1v) is 10.1. The van der Waals surface area contributed by atoms with Crippen LogP contribution in [0.4, 0.5) is 0 Å². The van der Waals surface area contributed by atoms with E-state index in [-0.39, 0.29) is 12.5 Å². The van der Waals surface area contributed by atoms with E-state index in [0.717, 1.165) is 11.1 Å². The molecular weight excluding hydrogens is 435 g/mol. The van der Waals surface area contributed by atoms with Crippen LogP contribution in [-0.4, -0.2) is 32.2 Å². The van der Waals surface area contributed by atoms with Crippen molar-refractivity contribution in [1.82, 2.24) is 10.3 Å². The summed E-state index contributed by atoms with van der Waals surface area (Å²) in [6.45, 7) is 0.273. The monoisotopic (exact) mass is 452 g/mol. The van der Waals surface area contributed by atoms with Gasteiger partial charge in [-0.2, -0.15) is 0 Å². The molecular formula is C20H18Cl2N2O4S. The molecule has 0 fully saturated rings. The smallest absolute Gasteiger partial charge is 0.271 e. The maximum Gasteiger partial charge on any atom is 0.271 e. The molecule has 1 amide bonds. The number of carbonyl (C=O) groups is 1. The van der Waals surface area contributed by atoms with Gasteiger partial charge in [0.25, 0.3) is 5.91 Å². The molecule has 3 rings (SSSR count). The van der Waals surface area contributed by atoms with Crippen molar-refractivity contribution in [1.29, 1.82) is 0 Å². The Labute approximate surface area is 182 Å². The number of halogens is 2. The van der Waals surface area contributed by atoms with E-state index in [0.29, 0.717) is 38.0 Å². The molecule has 0 saturated heterocycles. The normalized spacial score (nSPS) is 10.5. The van der Waals surface area contributed by atoms with Crippen LogP contribution in [0.1, 0.15) is 16.1 Å². The Bertz CT molecular complexity index is 1010. The third-order valence-electron chi connectivity index (χ3n) is 4.08. The van der Waals surface area contributed by atoms with E-state index in [4.69, 9.17) is 37.4 Å². The van der Waals surface area contributed by atoms with Crippen LogP contribution in [-0.2, 0) is 6.54 Å². The number of nitrogens with zero attached hydrogens (tertiary/aromatic N) is 1. The molecule has 0 spiro atoms. The molecule has 0 aliphatic rings. The first-order chi connectivity index (χ1) is 14.0. The van der Waals surface area contributed by atoms with Crippen molar-refractivity contribution in [2.45, 2.75) is 6.54 Å². The average Bonchev–Trinajstić information content (AvgIpc) is 3.23. The number of nitrogens with one attached hydrogen (secondary N) is 1.